The maximum Gasteiger partial charge on any atom is 0.243 e. The molecule has 0 spiro atoms. The van der Waals surface area contributed by atoms with Crippen molar-refractivity contribution in [2.45, 2.75) is 72.0 Å². The van der Waals surface area contributed by atoms with E-state index in [1.54, 1.807) is 0 Å². The highest BCUT2D eigenvalue weighted by atomic mass is 32.2. The normalized spacial score (nSPS) is 13.1. The lowest BCUT2D eigenvalue weighted by atomic mass is 10.1. The molecule has 0 aromatic heterocycles. The summed E-state index contributed by atoms with van der Waals surface area (Å²) in [4.78, 5) is 28.0. The minimum absolute atomic E-state index is 0.0233. The highest BCUT2D eigenvalue weighted by Gasteiger charge is 2.29. The Morgan fingerprint density at radius 3 is 2.30 bits per heavy atom. The van der Waals surface area contributed by atoms with Crippen LogP contribution in [0.1, 0.15) is 57.6 Å². The Bertz CT molecular complexity index is 1190. The molecule has 2 amide bonds. The van der Waals surface area contributed by atoms with E-state index < -0.39 is 27.7 Å². The summed E-state index contributed by atoms with van der Waals surface area (Å²) in [5.41, 5.74) is 1.88. The van der Waals surface area contributed by atoms with Gasteiger partial charge in [-0.15, -0.1) is 0 Å². The topological polar surface area (TPSA) is 86.8 Å². The third-order valence-electron chi connectivity index (χ3n) is 6.17. The summed E-state index contributed by atoms with van der Waals surface area (Å²) in [5, 5.41) is 2.95. The average molecular weight is 538 g/mol. The number of carbonyl (C=O) groups excluding carboxylic acids is 2. The van der Waals surface area contributed by atoms with E-state index in [-0.39, 0.29) is 49.5 Å². The number of rotatable bonds is 13. The van der Waals surface area contributed by atoms with E-state index in [0.29, 0.717) is 6.42 Å². The lowest BCUT2D eigenvalue weighted by molar-refractivity contribution is -0.141. The molecule has 0 fully saturated rings. The van der Waals surface area contributed by atoms with Gasteiger partial charge in [0.1, 0.15) is 6.04 Å². The van der Waals surface area contributed by atoms with Crippen LogP contribution in [0.2, 0.25) is 0 Å². The minimum atomic E-state index is -3.81. The Balaban J connectivity index is 2.24. The molecule has 2 atom stereocenters. The first-order valence-corrected chi connectivity index (χ1v) is 14.3. The van der Waals surface area contributed by atoms with E-state index in [9.17, 15) is 26.8 Å². The van der Waals surface area contributed by atoms with Gasteiger partial charge in [0, 0.05) is 31.6 Å². The van der Waals surface area contributed by atoms with Crippen LogP contribution in [0, 0.1) is 18.6 Å². The molecule has 0 aliphatic rings. The Kier molecular flexibility index (Phi) is 11.0. The van der Waals surface area contributed by atoms with Gasteiger partial charge in [0.15, 0.2) is 11.6 Å². The molecular formula is C27H37F2N3O4S. The van der Waals surface area contributed by atoms with Crippen LogP contribution in [0.25, 0.3) is 0 Å². The van der Waals surface area contributed by atoms with Gasteiger partial charge in [-0.05, 0) is 50.8 Å². The molecule has 0 unspecified atom stereocenters. The van der Waals surface area contributed by atoms with Crippen LogP contribution >= 0.6 is 0 Å². The molecule has 2 aromatic carbocycles. The van der Waals surface area contributed by atoms with Gasteiger partial charge in [-0.25, -0.2) is 17.2 Å². The van der Waals surface area contributed by atoms with Crippen molar-refractivity contribution in [1.82, 2.24) is 10.2 Å². The van der Waals surface area contributed by atoms with Gasteiger partial charge in [-0.2, -0.15) is 0 Å². The first kappa shape index (κ1) is 30.2. The molecule has 1 N–H and O–H groups in total. The SMILES string of the molecule is CC[C@H](C(=O)N[C@@H](C)CC)N(Cc1cccc(C)c1)C(=O)CCCN(c1ccc(F)c(F)c1)S(C)(=O)=O. The van der Waals surface area contributed by atoms with E-state index in [1.165, 1.54) is 11.0 Å². The zero-order valence-corrected chi connectivity index (χ0v) is 22.9. The monoisotopic (exact) mass is 537 g/mol. The van der Waals surface area contributed by atoms with Crippen LogP contribution in [-0.2, 0) is 26.2 Å². The highest BCUT2D eigenvalue weighted by Crippen LogP contribution is 2.22. The predicted octanol–water partition coefficient (Wildman–Crippen LogP) is 4.54. The van der Waals surface area contributed by atoms with E-state index >= 15 is 0 Å². The lowest BCUT2D eigenvalue weighted by Crippen LogP contribution is -2.50. The number of nitrogens with zero attached hydrogens (tertiary/aromatic N) is 2. The van der Waals surface area contributed by atoms with Crippen molar-refractivity contribution in [3.63, 3.8) is 0 Å². The van der Waals surface area contributed by atoms with Crippen molar-refractivity contribution in [2.75, 3.05) is 17.1 Å². The first-order chi connectivity index (χ1) is 17.4. The Hall–Kier alpha value is -3.01. The van der Waals surface area contributed by atoms with E-state index in [2.05, 4.69) is 5.32 Å². The van der Waals surface area contributed by atoms with Gasteiger partial charge in [-0.3, -0.25) is 13.9 Å². The summed E-state index contributed by atoms with van der Waals surface area (Å²) in [6, 6.07) is 9.79. The summed E-state index contributed by atoms with van der Waals surface area (Å²) >= 11 is 0. The number of aryl methyl sites for hydroxylation is 1. The zero-order valence-electron chi connectivity index (χ0n) is 22.1. The number of hydrogen-bond donors (Lipinski definition) is 1. The van der Waals surface area contributed by atoms with E-state index in [0.717, 1.165) is 40.2 Å². The molecule has 0 saturated carbocycles. The summed E-state index contributed by atoms with van der Waals surface area (Å²) in [5.74, 6) is -2.78. The number of carbonyl (C=O) groups is 2. The van der Waals surface area contributed by atoms with E-state index in [1.807, 2.05) is 52.0 Å². The standard InChI is InChI=1S/C27H37F2N3O4S/c1-6-20(4)30-27(34)25(7-2)31(18-21-11-8-10-19(3)16-21)26(33)12-9-15-32(37(5,35)36)22-13-14-23(28)24(29)17-22/h8,10-11,13-14,16-17,20,25H,6-7,9,12,15,18H2,1-5H3,(H,30,34)/t20-,25+/m0/s1. The van der Waals surface area contributed by atoms with Crippen LogP contribution in [0.5, 0.6) is 0 Å². The summed E-state index contributed by atoms with van der Waals surface area (Å²) in [6.45, 7) is 7.76. The fourth-order valence-electron chi connectivity index (χ4n) is 4.01. The zero-order chi connectivity index (χ0) is 27.8. The minimum Gasteiger partial charge on any atom is -0.352 e. The van der Waals surface area contributed by atoms with Crippen molar-refractivity contribution >= 4 is 27.5 Å². The molecule has 0 aliphatic heterocycles. The van der Waals surface area contributed by atoms with Gasteiger partial charge >= 0.3 is 0 Å². The van der Waals surface area contributed by atoms with Gasteiger partial charge in [-0.1, -0.05) is 43.7 Å². The maximum absolute atomic E-state index is 13.7. The second kappa shape index (κ2) is 13.5. The third kappa shape index (κ3) is 8.80. The number of halogens is 2. The molecule has 2 aromatic rings. The van der Waals surface area contributed by atoms with Crippen LogP contribution < -0.4 is 9.62 Å². The first-order valence-electron chi connectivity index (χ1n) is 12.5. The molecule has 0 aliphatic carbocycles. The number of sulfonamides is 1. The summed E-state index contributed by atoms with van der Waals surface area (Å²) in [6.07, 6.45) is 2.21. The fourth-order valence-corrected chi connectivity index (χ4v) is 4.97. The number of hydrogen-bond acceptors (Lipinski definition) is 4. The largest absolute Gasteiger partial charge is 0.352 e. The predicted molar refractivity (Wildman–Crippen MR) is 141 cm³/mol. The molecule has 0 radical (unpaired) electrons. The molecule has 0 bridgehead atoms. The van der Waals surface area contributed by atoms with Crippen LogP contribution in [-0.4, -0.2) is 50.0 Å². The van der Waals surface area contributed by atoms with Gasteiger partial charge < -0.3 is 10.2 Å². The Labute approximate surface area is 218 Å². The number of anilines is 1. The summed E-state index contributed by atoms with van der Waals surface area (Å²) < 4.78 is 52.7. The van der Waals surface area contributed by atoms with E-state index in [4.69, 9.17) is 0 Å². The van der Waals surface area contributed by atoms with Gasteiger partial charge in [0.05, 0.1) is 11.9 Å². The highest BCUT2D eigenvalue weighted by molar-refractivity contribution is 7.92. The van der Waals surface area contributed by atoms with Crippen molar-refractivity contribution in [2.24, 2.45) is 0 Å². The number of amides is 2. The van der Waals surface area contributed by atoms with Crippen molar-refractivity contribution in [1.29, 1.82) is 0 Å². The molecule has 2 rings (SSSR count). The number of nitrogens with one attached hydrogen (secondary N) is 1. The van der Waals surface area contributed by atoms with Crippen molar-refractivity contribution in [3.05, 3.63) is 65.2 Å². The van der Waals surface area contributed by atoms with Crippen LogP contribution in [0.3, 0.4) is 0 Å². The molecule has 10 heteroatoms. The molecule has 0 saturated heterocycles. The Morgan fingerprint density at radius 1 is 1.03 bits per heavy atom. The molecule has 0 heterocycles. The average Bonchev–Trinajstić information content (AvgIpc) is 2.82. The van der Waals surface area contributed by atoms with Crippen molar-refractivity contribution in [3.8, 4) is 0 Å². The number of benzene rings is 2. The third-order valence-corrected chi connectivity index (χ3v) is 7.36. The van der Waals surface area contributed by atoms with Crippen LogP contribution in [0.4, 0.5) is 14.5 Å². The van der Waals surface area contributed by atoms with Gasteiger partial charge in [0.25, 0.3) is 0 Å². The quantitative estimate of drug-likeness (QED) is 0.406. The lowest BCUT2D eigenvalue weighted by Gasteiger charge is -2.32. The smallest absolute Gasteiger partial charge is 0.243 e. The molecule has 204 valence electrons. The molecular weight excluding hydrogens is 500 g/mol. The van der Waals surface area contributed by atoms with Crippen LogP contribution in [0.15, 0.2) is 42.5 Å². The maximum atomic E-state index is 13.7. The molecule has 7 nitrogen and oxygen atoms in total. The Morgan fingerprint density at radius 2 is 1.73 bits per heavy atom. The summed E-state index contributed by atoms with van der Waals surface area (Å²) in [7, 11) is -3.81. The fraction of sp³-hybridized carbons (Fsp3) is 0.481. The second-order valence-electron chi connectivity index (χ2n) is 9.29. The second-order valence-corrected chi connectivity index (χ2v) is 11.2. The van der Waals surface area contributed by atoms with Gasteiger partial charge in [0.2, 0.25) is 21.8 Å². The molecule has 37 heavy (non-hydrogen) atoms. The van der Waals surface area contributed by atoms with Crippen molar-refractivity contribution < 1.29 is 26.8 Å².